The van der Waals surface area contributed by atoms with E-state index in [4.69, 9.17) is 0 Å². The third-order valence-corrected chi connectivity index (χ3v) is 4.86. The molecule has 0 saturated heterocycles. The number of carbonyl (C=O) groups is 2. The van der Waals surface area contributed by atoms with Crippen molar-refractivity contribution in [2.45, 2.75) is 6.42 Å². The summed E-state index contributed by atoms with van der Waals surface area (Å²) in [6.45, 7) is 0. The fraction of sp³-hybridized carbons (Fsp3) is 0.0556. The van der Waals surface area contributed by atoms with Crippen LogP contribution < -0.4 is 5.32 Å². The number of aromatic amines is 1. The molecule has 0 bridgehead atoms. The molecule has 2 aromatic heterocycles. The maximum atomic E-state index is 12.4. The first-order valence-electron chi connectivity index (χ1n) is 7.60. The Hall–Kier alpha value is -3.19. The van der Waals surface area contributed by atoms with E-state index in [0.717, 1.165) is 15.6 Å². The zero-order valence-corrected chi connectivity index (χ0v) is 13.8. The first kappa shape index (κ1) is 15.3. The molecule has 3 N–H and O–H groups in total. The average molecular weight is 351 g/mol. The van der Waals surface area contributed by atoms with E-state index in [9.17, 15) is 14.7 Å². The van der Waals surface area contributed by atoms with Crippen molar-refractivity contribution in [2.24, 2.45) is 0 Å². The number of anilines is 1. The third-order valence-electron chi connectivity index (χ3n) is 3.91. The summed E-state index contributed by atoms with van der Waals surface area (Å²) in [6, 6.07) is 14.8. The number of carboxylic acid groups (broad SMARTS) is 1. The van der Waals surface area contributed by atoms with Crippen LogP contribution in [0.15, 0.2) is 48.5 Å². The van der Waals surface area contributed by atoms with E-state index >= 15 is 0 Å². The number of para-hydroxylation sites is 2. The number of aromatic carboxylic acids is 1. The molecule has 0 unspecified atom stereocenters. The van der Waals surface area contributed by atoms with Crippen LogP contribution in [0.4, 0.5) is 5.13 Å². The molecular weight excluding hydrogens is 338 g/mol. The van der Waals surface area contributed by atoms with Gasteiger partial charge in [0.1, 0.15) is 5.69 Å². The lowest BCUT2D eigenvalue weighted by molar-refractivity contribution is -0.115. The van der Waals surface area contributed by atoms with Gasteiger partial charge in [0.2, 0.25) is 5.91 Å². The Kier molecular flexibility index (Phi) is 3.70. The van der Waals surface area contributed by atoms with Crippen molar-refractivity contribution >= 4 is 49.5 Å². The summed E-state index contributed by atoms with van der Waals surface area (Å²) in [7, 11) is 0. The molecule has 7 heteroatoms. The molecule has 4 aromatic rings. The average Bonchev–Trinajstić information content (AvgIpc) is 3.16. The Morgan fingerprint density at radius 3 is 2.68 bits per heavy atom. The van der Waals surface area contributed by atoms with E-state index < -0.39 is 5.97 Å². The van der Waals surface area contributed by atoms with Crippen LogP contribution in [-0.4, -0.2) is 27.0 Å². The number of nitrogens with zero attached hydrogens (tertiary/aromatic N) is 1. The number of rotatable bonds is 4. The Morgan fingerprint density at radius 2 is 1.88 bits per heavy atom. The van der Waals surface area contributed by atoms with Gasteiger partial charge in [-0.3, -0.25) is 4.79 Å². The van der Waals surface area contributed by atoms with Crippen LogP contribution in [0, 0.1) is 0 Å². The van der Waals surface area contributed by atoms with Crippen LogP contribution in [0.5, 0.6) is 0 Å². The molecule has 2 aromatic carbocycles. The lowest BCUT2D eigenvalue weighted by atomic mass is 10.1. The molecule has 0 aliphatic carbocycles. The first-order valence-corrected chi connectivity index (χ1v) is 8.42. The molecule has 6 nitrogen and oxygen atoms in total. The van der Waals surface area contributed by atoms with Gasteiger partial charge in [0.15, 0.2) is 5.13 Å². The second-order valence-corrected chi connectivity index (χ2v) is 6.57. The summed E-state index contributed by atoms with van der Waals surface area (Å²) in [5, 5.41) is 13.4. The number of aromatic nitrogens is 2. The quantitative estimate of drug-likeness (QED) is 0.523. The van der Waals surface area contributed by atoms with Crippen molar-refractivity contribution in [3.8, 4) is 0 Å². The molecule has 25 heavy (non-hydrogen) atoms. The minimum absolute atomic E-state index is 0.0401. The van der Waals surface area contributed by atoms with Crippen molar-refractivity contribution in [1.82, 2.24) is 9.97 Å². The largest absolute Gasteiger partial charge is 0.477 e. The molecule has 4 rings (SSSR count). The molecule has 0 aliphatic rings. The predicted octanol–water partition coefficient (Wildman–Crippen LogP) is 3.66. The summed E-state index contributed by atoms with van der Waals surface area (Å²) in [6.07, 6.45) is -0.0401. The molecule has 0 aliphatic heterocycles. The van der Waals surface area contributed by atoms with Crippen molar-refractivity contribution in [3.05, 3.63) is 59.8 Å². The molecule has 0 atom stereocenters. The second kappa shape index (κ2) is 6.03. The standard InChI is InChI=1S/C18H13N3O3S/c22-15(21-18-20-13-7-3-4-8-14(13)25-18)9-11-10-5-1-2-6-12(10)19-16(11)17(23)24/h1-8,19H,9H2,(H,23,24)(H,20,21,22). The molecule has 1 amide bonds. The topological polar surface area (TPSA) is 95.1 Å². The number of H-pyrrole nitrogens is 1. The monoisotopic (exact) mass is 351 g/mol. The smallest absolute Gasteiger partial charge is 0.352 e. The number of hydrogen-bond acceptors (Lipinski definition) is 4. The van der Waals surface area contributed by atoms with Gasteiger partial charge in [0.05, 0.1) is 16.6 Å². The van der Waals surface area contributed by atoms with Crippen molar-refractivity contribution in [2.75, 3.05) is 5.32 Å². The molecule has 124 valence electrons. The van der Waals surface area contributed by atoms with E-state index in [-0.39, 0.29) is 18.0 Å². The van der Waals surface area contributed by atoms with E-state index in [1.165, 1.54) is 11.3 Å². The van der Waals surface area contributed by atoms with E-state index in [1.807, 2.05) is 36.4 Å². The van der Waals surface area contributed by atoms with Gasteiger partial charge in [-0.05, 0) is 18.2 Å². The minimum atomic E-state index is -1.08. The number of hydrogen-bond donors (Lipinski definition) is 3. The SMILES string of the molecule is O=C(Cc1c(C(=O)O)[nH]c2ccccc12)Nc1nc2ccccc2s1. The zero-order valence-electron chi connectivity index (χ0n) is 12.9. The van der Waals surface area contributed by atoms with Gasteiger partial charge in [0.25, 0.3) is 0 Å². The summed E-state index contributed by atoms with van der Waals surface area (Å²) < 4.78 is 0.983. The number of nitrogens with one attached hydrogen (secondary N) is 2. The van der Waals surface area contributed by atoms with Crippen LogP contribution in [0.1, 0.15) is 16.1 Å². The van der Waals surface area contributed by atoms with Gasteiger partial charge in [-0.25, -0.2) is 9.78 Å². The maximum Gasteiger partial charge on any atom is 0.352 e. The number of benzene rings is 2. The molecular formula is C18H13N3O3S. The highest BCUT2D eigenvalue weighted by Crippen LogP contribution is 2.27. The van der Waals surface area contributed by atoms with Gasteiger partial charge < -0.3 is 15.4 Å². The molecule has 0 fully saturated rings. The number of amides is 1. The summed E-state index contributed by atoms with van der Waals surface area (Å²) in [5.74, 6) is -1.38. The third kappa shape index (κ3) is 2.85. The van der Waals surface area contributed by atoms with Crippen molar-refractivity contribution in [3.63, 3.8) is 0 Å². The minimum Gasteiger partial charge on any atom is -0.477 e. The highest BCUT2D eigenvalue weighted by atomic mass is 32.1. The van der Waals surface area contributed by atoms with Gasteiger partial charge in [0, 0.05) is 16.5 Å². The highest BCUT2D eigenvalue weighted by Gasteiger charge is 2.19. The molecule has 0 radical (unpaired) electrons. The molecule has 2 heterocycles. The lowest BCUT2D eigenvalue weighted by Crippen LogP contribution is -2.16. The van der Waals surface area contributed by atoms with Gasteiger partial charge >= 0.3 is 5.97 Å². The Balaban J connectivity index is 1.63. The van der Waals surface area contributed by atoms with Gasteiger partial charge in [-0.2, -0.15) is 0 Å². The van der Waals surface area contributed by atoms with Crippen LogP contribution in [0.3, 0.4) is 0 Å². The van der Waals surface area contributed by atoms with E-state index in [2.05, 4.69) is 15.3 Å². The van der Waals surface area contributed by atoms with Crippen LogP contribution >= 0.6 is 11.3 Å². The number of fused-ring (bicyclic) bond motifs is 2. The lowest BCUT2D eigenvalue weighted by Gasteiger charge is -2.02. The Morgan fingerprint density at radius 1 is 1.12 bits per heavy atom. The second-order valence-electron chi connectivity index (χ2n) is 5.54. The Labute approximate surface area is 146 Å². The Bertz CT molecular complexity index is 1080. The number of carbonyl (C=O) groups excluding carboxylic acids is 1. The van der Waals surface area contributed by atoms with Crippen molar-refractivity contribution in [1.29, 1.82) is 0 Å². The summed E-state index contributed by atoms with van der Waals surface area (Å²) >= 11 is 1.39. The maximum absolute atomic E-state index is 12.4. The van der Waals surface area contributed by atoms with E-state index in [1.54, 1.807) is 12.1 Å². The zero-order chi connectivity index (χ0) is 17.4. The fourth-order valence-corrected chi connectivity index (χ4v) is 3.70. The fourth-order valence-electron chi connectivity index (χ4n) is 2.82. The number of carboxylic acids is 1. The van der Waals surface area contributed by atoms with Crippen LogP contribution in [0.2, 0.25) is 0 Å². The number of thiazole rings is 1. The summed E-state index contributed by atoms with van der Waals surface area (Å²) in [4.78, 5) is 31.1. The predicted molar refractivity (Wildman–Crippen MR) is 97.2 cm³/mol. The van der Waals surface area contributed by atoms with Crippen molar-refractivity contribution < 1.29 is 14.7 Å². The van der Waals surface area contributed by atoms with Crippen LogP contribution in [-0.2, 0) is 11.2 Å². The summed E-state index contributed by atoms with van der Waals surface area (Å²) in [5.41, 5.74) is 2.03. The van der Waals surface area contributed by atoms with Gasteiger partial charge in [-0.15, -0.1) is 0 Å². The van der Waals surface area contributed by atoms with Gasteiger partial charge in [-0.1, -0.05) is 41.7 Å². The molecule has 0 spiro atoms. The molecule has 0 saturated carbocycles. The van der Waals surface area contributed by atoms with E-state index in [0.29, 0.717) is 16.2 Å². The first-order chi connectivity index (χ1) is 12.1. The highest BCUT2D eigenvalue weighted by molar-refractivity contribution is 7.22. The normalized spacial score (nSPS) is 11.0. The van der Waals surface area contributed by atoms with Crippen LogP contribution in [0.25, 0.3) is 21.1 Å².